The van der Waals surface area contributed by atoms with Gasteiger partial charge < -0.3 is 4.90 Å². The highest BCUT2D eigenvalue weighted by molar-refractivity contribution is 7.88. The van der Waals surface area contributed by atoms with E-state index in [1.807, 2.05) is 31.2 Å². The summed E-state index contributed by atoms with van der Waals surface area (Å²) in [7, 11) is -3.09. The summed E-state index contributed by atoms with van der Waals surface area (Å²) in [6.45, 7) is 3.96. The van der Waals surface area contributed by atoms with Crippen molar-refractivity contribution in [1.82, 2.24) is 4.72 Å². The normalized spacial score (nSPS) is 11.4. The fraction of sp³-hybridized carbons (Fsp3) is 0.455. The molecule has 0 saturated heterocycles. The van der Waals surface area contributed by atoms with Crippen molar-refractivity contribution in [3.63, 3.8) is 0 Å². The first-order valence-corrected chi connectivity index (χ1v) is 7.08. The first-order valence-electron chi connectivity index (χ1n) is 5.18. The second-order valence-corrected chi connectivity index (χ2v) is 5.34. The minimum Gasteiger partial charge on any atom is -0.370 e. The summed E-state index contributed by atoms with van der Waals surface area (Å²) < 4.78 is 24.3. The first kappa shape index (κ1) is 13.0. The van der Waals surface area contributed by atoms with Gasteiger partial charge in [0, 0.05) is 25.3 Å². The lowest BCUT2D eigenvalue weighted by Crippen LogP contribution is -2.34. The van der Waals surface area contributed by atoms with Crippen molar-refractivity contribution in [3.8, 4) is 0 Å². The molecule has 16 heavy (non-hydrogen) atoms. The second kappa shape index (κ2) is 5.86. The van der Waals surface area contributed by atoms with E-state index in [2.05, 4.69) is 15.7 Å². The van der Waals surface area contributed by atoms with E-state index < -0.39 is 10.0 Å². The van der Waals surface area contributed by atoms with E-state index >= 15 is 0 Å². The van der Waals surface area contributed by atoms with Crippen LogP contribution in [0.2, 0.25) is 0 Å². The van der Waals surface area contributed by atoms with Gasteiger partial charge in [0.15, 0.2) is 0 Å². The molecule has 1 aromatic rings. The molecule has 1 rings (SSSR count). The van der Waals surface area contributed by atoms with E-state index in [9.17, 15) is 8.42 Å². The van der Waals surface area contributed by atoms with Gasteiger partial charge in [0.05, 0.1) is 6.26 Å². The minimum atomic E-state index is -3.09. The van der Waals surface area contributed by atoms with E-state index in [1.165, 1.54) is 6.26 Å². The van der Waals surface area contributed by atoms with Gasteiger partial charge >= 0.3 is 0 Å². The van der Waals surface area contributed by atoms with Crippen LogP contribution in [0.4, 0.5) is 5.69 Å². The zero-order chi connectivity index (χ0) is 12.0. The van der Waals surface area contributed by atoms with Crippen molar-refractivity contribution in [1.29, 1.82) is 0 Å². The highest BCUT2D eigenvalue weighted by atomic mass is 32.2. The number of sulfonamides is 1. The third kappa shape index (κ3) is 4.63. The highest BCUT2D eigenvalue weighted by Crippen LogP contribution is 2.11. The van der Waals surface area contributed by atoms with E-state index in [0.29, 0.717) is 13.1 Å². The van der Waals surface area contributed by atoms with Crippen LogP contribution in [0.1, 0.15) is 6.92 Å². The Morgan fingerprint density at radius 2 is 2.00 bits per heavy atom. The second-order valence-electron chi connectivity index (χ2n) is 3.50. The van der Waals surface area contributed by atoms with Crippen LogP contribution in [0.5, 0.6) is 0 Å². The van der Waals surface area contributed by atoms with Crippen molar-refractivity contribution >= 4 is 15.7 Å². The van der Waals surface area contributed by atoms with Gasteiger partial charge in [0.1, 0.15) is 0 Å². The van der Waals surface area contributed by atoms with Crippen LogP contribution in [0, 0.1) is 6.07 Å². The van der Waals surface area contributed by atoms with E-state index in [4.69, 9.17) is 0 Å². The maximum atomic E-state index is 10.9. The van der Waals surface area contributed by atoms with Gasteiger partial charge in [-0.25, -0.2) is 13.1 Å². The fourth-order valence-electron chi connectivity index (χ4n) is 1.42. The average Bonchev–Trinajstić information content (AvgIpc) is 2.24. The quantitative estimate of drug-likeness (QED) is 0.803. The molecule has 0 saturated carbocycles. The molecule has 89 valence electrons. The van der Waals surface area contributed by atoms with E-state index in [-0.39, 0.29) is 0 Å². The zero-order valence-electron chi connectivity index (χ0n) is 9.60. The van der Waals surface area contributed by atoms with E-state index in [1.54, 1.807) is 0 Å². The van der Waals surface area contributed by atoms with Crippen LogP contribution < -0.4 is 9.62 Å². The van der Waals surface area contributed by atoms with Crippen molar-refractivity contribution in [3.05, 3.63) is 30.3 Å². The lowest BCUT2D eigenvalue weighted by atomic mass is 10.3. The van der Waals surface area contributed by atoms with Crippen molar-refractivity contribution < 1.29 is 8.42 Å². The molecular formula is C11H17N2O2S. The minimum absolute atomic E-state index is 0.422. The summed E-state index contributed by atoms with van der Waals surface area (Å²) >= 11 is 0. The largest absolute Gasteiger partial charge is 0.370 e. The maximum absolute atomic E-state index is 10.9. The summed E-state index contributed by atoms with van der Waals surface area (Å²) in [6, 6.07) is 10.6. The van der Waals surface area contributed by atoms with Gasteiger partial charge in [-0.3, -0.25) is 0 Å². The van der Waals surface area contributed by atoms with Crippen LogP contribution in [0.3, 0.4) is 0 Å². The van der Waals surface area contributed by atoms with Crippen molar-refractivity contribution in [2.45, 2.75) is 6.92 Å². The summed E-state index contributed by atoms with van der Waals surface area (Å²) in [5.41, 5.74) is 1.08. The molecule has 0 unspecified atom stereocenters. The number of benzene rings is 1. The molecule has 0 atom stereocenters. The summed E-state index contributed by atoms with van der Waals surface area (Å²) in [6.07, 6.45) is 1.17. The Bertz CT molecular complexity index is 403. The molecular weight excluding hydrogens is 224 g/mol. The van der Waals surface area contributed by atoms with Gasteiger partial charge in [-0.15, -0.1) is 0 Å². The van der Waals surface area contributed by atoms with Crippen LogP contribution in [-0.2, 0) is 10.0 Å². The predicted molar refractivity (Wildman–Crippen MR) is 66.0 cm³/mol. The van der Waals surface area contributed by atoms with Crippen molar-refractivity contribution in [2.75, 3.05) is 30.8 Å². The standard InChI is InChI=1S/C11H17N2O2S/c1-3-13(10-9-12-16(2,14)15)11-7-5-4-6-8-11/h5-8,12H,3,9-10H2,1-2H3. The molecule has 0 amide bonds. The Kier molecular flexibility index (Phi) is 4.76. The van der Waals surface area contributed by atoms with Gasteiger partial charge in [-0.2, -0.15) is 0 Å². The number of nitrogens with zero attached hydrogens (tertiary/aromatic N) is 1. The van der Waals surface area contributed by atoms with Gasteiger partial charge in [-0.1, -0.05) is 12.1 Å². The topological polar surface area (TPSA) is 49.4 Å². The Labute approximate surface area is 97.3 Å². The summed E-state index contributed by atoms with van der Waals surface area (Å²) in [5, 5.41) is 0. The monoisotopic (exact) mass is 241 g/mol. The molecule has 0 aliphatic rings. The number of rotatable bonds is 6. The first-order chi connectivity index (χ1) is 7.53. The van der Waals surface area contributed by atoms with Crippen LogP contribution in [-0.4, -0.2) is 34.3 Å². The van der Waals surface area contributed by atoms with Gasteiger partial charge in [0.25, 0.3) is 0 Å². The molecule has 0 bridgehead atoms. The van der Waals surface area contributed by atoms with Crippen LogP contribution >= 0.6 is 0 Å². The average molecular weight is 241 g/mol. The maximum Gasteiger partial charge on any atom is 0.208 e. The molecule has 0 spiro atoms. The Balaban J connectivity index is 2.51. The molecule has 1 N–H and O–H groups in total. The number of hydrogen-bond donors (Lipinski definition) is 1. The molecule has 0 fully saturated rings. The van der Waals surface area contributed by atoms with Crippen molar-refractivity contribution in [2.24, 2.45) is 0 Å². The predicted octanol–water partition coefficient (Wildman–Crippen LogP) is 0.862. The lowest BCUT2D eigenvalue weighted by Gasteiger charge is -2.22. The number of likely N-dealkylation sites (N-methyl/N-ethyl adjacent to an activating group) is 1. The SMILES string of the molecule is CCN(CCNS(C)(=O)=O)c1cc[c]cc1. The molecule has 1 radical (unpaired) electrons. The van der Waals surface area contributed by atoms with Crippen LogP contribution in [0.25, 0.3) is 0 Å². The summed E-state index contributed by atoms with van der Waals surface area (Å²) in [4.78, 5) is 2.10. The molecule has 5 heteroatoms. The number of anilines is 1. The zero-order valence-corrected chi connectivity index (χ0v) is 10.4. The molecule has 1 aromatic carbocycles. The Morgan fingerprint density at radius 3 is 2.50 bits per heavy atom. The highest BCUT2D eigenvalue weighted by Gasteiger charge is 2.05. The van der Waals surface area contributed by atoms with E-state index in [0.717, 1.165) is 12.2 Å². The van der Waals surface area contributed by atoms with Gasteiger partial charge in [-0.05, 0) is 25.1 Å². The molecule has 0 aliphatic carbocycles. The molecule has 4 nitrogen and oxygen atoms in total. The lowest BCUT2D eigenvalue weighted by molar-refractivity contribution is 0.587. The number of hydrogen-bond acceptors (Lipinski definition) is 3. The third-order valence-electron chi connectivity index (χ3n) is 2.19. The summed E-state index contributed by atoms with van der Waals surface area (Å²) in [5.74, 6) is 0. The number of nitrogens with one attached hydrogen (secondary N) is 1. The smallest absolute Gasteiger partial charge is 0.208 e. The molecule has 0 heterocycles. The Morgan fingerprint density at radius 1 is 1.38 bits per heavy atom. The fourth-order valence-corrected chi connectivity index (χ4v) is 1.89. The third-order valence-corrected chi connectivity index (χ3v) is 2.92. The molecule has 0 aromatic heterocycles. The van der Waals surface area contributed by atoms with Gasteiger partial charge in [0.2, 0.25) is 10.0 Å². The Hall–Kier alpha value is -1.07. The van der Waals surface area contributed by atoms with Crippen LogP contribution in [0.15, 0.2) is 24.3 Å². The molecule has 0 aliphatic heterocycles.